The quantitative estimate of drug-likeness (QED) is 0.750. The Balaban J connectivity index is 2.31. The van der Waals surface area contributed by atoms with Crippen molar-refractivity contribution in [2.45, 2.75) is 32.7 Å². The number of benzene rings is 1. The van der Waals surface area contributed by atoms with E-state index in [0.29, 0.717) is 16.0 Å². The zero-order valence-electron chi connectivity index (χ0n) is 12.6. The van der Waals surface area contributed by atoms with Gasteiger partial charge in [-0.2, -0.15) is 0 Å². The molecule has 1 aliphatic rings. The van der Waals surface area contributed by atoms with E-state index in [1.807, 2.05) is 6.07 Å². The molecule has 1 aromatic carbocycles. The van der Waals surface area contributed by atoms with Crippen molar-refractivity contribution < 1.29 is 0 Å². The van der Waals surface area contributed by atoms with Crippen molar-refractivity contribution in [2.24, 2.45) is 5.92 Å². The number of halogens is 3. The molecule has 1 aliphatic heterocycles. The summed E-state index contributed by atoms with van der Waals surface area (Å²) in [5.41, 5.74) is 0.994. The Morgan fingerprint density at radius 1 is 1.05 bits per heavy atom. The second kappa shape index (κ2) is 8.03. The van der Waals surface area contributed by atoms with Gasteiger partial charge >= 0.3 is 0 Å². The highest BCUT2D eigenvalue weighted by atomic mass is 35.5. The summed E-state index contributed by atoms with van der Waals surface area (Å²) < 4.78 is 0. The minimum absolute atomic E-state index is 0.244. The molecule has 2 nitrogen and oxygen atoms in total. The summed E-state index contributed by atoms with van der Waals surface area (Å²) in [4.78, 5) is 2.47. The molecule has 1 heterocycles. The molecule has 2 rings (SSSR count). The van der Waals surface area contributed by atoms with Crippen LogP contribution in [0.5, 0.6) is 0 Å². The zero-order valence-corrected chi connectivity index (χ0v) is 14.9. The fourth-order valence-corrected chi connectivity index (χ4v) is 3.63. The van der Waals surface area contributed by atoms with Crippen LogP contribution in [0.15, 0.2) is 12.1 Å². The van der Waals surface area contributed by atoms with Crippen LogP contribution in [0.1, 0.15) is 38.3 Å². The topological polar surface area (TPSA) is 15.3 Å². The second-order valence-electron chi connectivity index (χ2n) is 6.03. The molecular weight excluding hydrogens is 327 g/mol. The summed E-state index contributed by atoms with van der Waals surface area (Å²) in [5.74, 6) is 0.659. The molecule has 1 aromatic rings. The minimum atomic E-state index is 0.244. The Labute approximate surface area is 142 Å². The molecule has 1 atom stereocenters. The first kappa shape index (κ1) is 17.4. The van der Waals surface area contributed by atoms with Gasteiger partial charge in [0.25, 0.3) is 0 Å². The van der Waals surface area contributed by atoms with Gasteiger partial charge in [0.05, 0.1) is 10.0 Å². The second-order valence-corrected chi connectivity index (χ2v) is 7.22. The molecule has 1 saturated heterocycles. The van der Waals surface area contributed by atoms with Crippen molar-refractivity contribution in [3.05, 3.63) is 32.8 Å². The SMILES string of the molecule is CC(C)CC[C@@H](c1c(Cl)ccc(Cl)c1Cl)N1CCNCC1. The lowest BCUT2D eigenvalue weighted by molar-refractivity contribution is 0.160. The van der Waals surface area contributed by atoms with Crippen LogP contribution in [0.3, 0.4) is 0 Å². The summed E-state index contributed by atoms with van der Waals surface area (Å²) >= 11 is 19.1. The molecule has 0 unspecified atom stereocenters. The maximum absolute atomic E-state index is 6.47. The van der Waals surface area contributed by atoms with E-state index < -0.39 is 0 Å². The fraction of sp³-hybridized carbons (Fsp3) is 0.625. The van der Waals surface area contributed by atoms with Crippen molar-refractivity contribution in [3.63, 3.8) is 0 Å². The third-order valence-corrected chi connectivity index (χ3v) is 5.17. The molecule has 0 radical (unpaired) electrons. The van der Waals surface area contributed by atoms with Gasteiger partial charge in [0.15, 0.2) is 0 Å². The highest BCUT2D eigenvalue weighted by Crippen LogP contribution is 2.40. The maximum Gasteiger partial charge on any atom is 0.0655 e. The molecule has 5 heteroatoms. The highest BCUT2D eigenvalue weighted by Gasteiger charge is 2.27. The van der Waals surface area contributed by atoms with E-state index >= 15 is 0 Å². The van der Waals surface area contributed by atoms with E-state index in [2.05, 4.69) is 24.1 Å². The van der Waals surface area contributed by atoms with Gasteiger partial charge in [0.1, 0.15) is 0 Å². The van der Waals surface area contributed by atoms with Crippen LogP contribution in [0.4, 0.5) is 0 Å². The van der Waals surface area contributed by atoms with Gasteiger partial charge in [-0.25, -0.2) is 0 Å². The van der Waals surface area contributed by atoms with Gasteiger partial charge in [-0.3, -0.25) is 4.90 Å². The van der Waals surface area contributed by atoms with E-state index in [9.17, 15) is 0 Å². The molecule has 0 bridgehead atoms. The van der Waals surface area contributed by atoms with Crippen molar-refractivity contribution in [2.75, 3.05) is 26.2 Å². The first-order valence-corrected chi connectivity index (χ1v) is 8.72. The third kappa shape index (κ3) is 4.49. The lowest BCUT2D eigenvalue weighted by atomic mass is 9.95. The Hall–Kier alpha value is 0.01000. The Kier molecular flexibility index (Phi) is 6.64. The number of nitrogens with one attached hydrogen (secondary N) is 1. The Morgan fingerprint density at radius 3 is 2.29 bits per heavy atom. The van der Waals surface area contributed by atoms with E-state index in [1.54, 1.807) is 6.07 Å². The summed E-state index contributed by atoms with van der Waals surface area (Å²) in [6.45, 7) is 8.54. The lowest BCUT2D eigenvalue weighted by Crippen LogP contribution is -2.45. The Bertz CT molecular complexity index is 471. The largest absolute Gasteiger partial charge is 0.314 e. The van der Waals surface area contributed by atoms with E-state index in [1.165, 1.54) is 0 Å². The molecule has 0 saturated carbocycles. The van der Waals surface area contributed by atoms with Crippen molar-refractivity contribution in [1.82, 2.24) is 10.2 Å². The molecule has 0 spiro atoms. The van der Waals surface area contributed by atoms with Crippen LogP contribution in [-0.4, -0.2) is 31.1 Å². The lowest BCUT2D eigenvalue weighted by Gasteiger charge is -2.36. The number of hydrogen-bond donors (Lipinski definition) is 1. The molecule has 0 amide bonds. The molecule has 0 aromatic heterocycles. The predicted molar refractivity (Wildman–Crippen MR) is 92.7 cm³/mol. The zero-order chi connectivity index (χ0) is 15.4. The molecule has 118 valence electrons. The minimum Gasteiger partial charge on any atom is -0.314 e. The number of piperazine rings is 1. The molecular formula is C16H23Cl3N2. The van der Waals surface area contributed by atoms with Gasteiger partial charge in [-0.1, -0.05) is 48.7 Å². The normalized spacial score (nSPS) is 18.2. The van der Waals surface area contributed by atoms with Gasteiger partial charge in [-0.15, -0.1) is 0 Å². The van der Waals surface area contributed by atoms with Crippen molar-refractivity contribution in [1.29, 1.82) is 0 Å². The standard InChI is InChI=1S/C16H23Cl3N2/c1-11(2)3-6-14(21-9-7-20-8-10-21)15-12(17)4-5-13(18)16(15)19/h4-5,11,14,20H,3,6-10H2,1-2H3/t14-/m0/s1. The summed E-state index contributed by atoms with van der Waals surface area (Å²) in [7, 11) is 0. The molecule has 0 aliphatic carbocycles. The Morgan fingerprint density at radius 2 is 1.67 bits per heavy atom. The molecule has 21 heavy (non-hydrogen) atoms. The van der Waals surface area contributed by atoms with Gasteiger partial charge in [0.2, 0.25) is 0 Å². The predicted octanol–water partition coefficient (Wildman–Crippen LogP) is 5.03. The monoisotopic (exact) mass is 348 g/mol. The van der Waals surface area contributed by atoms with Crippen LogP contribution in [0.2, 0.25) is 15.1 Å². The maximum atomic E-state index is 6.47. The summed E-state index contributed by atoms with van der Waals surface area (Å²) in [6.07, 6.45) is 2.20. The highest BCUT2D eigenvalue weighted by molar-refractivity contribution is 6.44. The number of hydrogen-bond acceptors (Lipinski definition) is 2. The van der Waals surface area contributed by atoms with Crippen LogP contribution in [0, 0.1) is 5.92 Å². The average molecular weight is 350 g/mol. The third-order valence-electron chi connectivity index (χ3n) is 4.02. The molecule has 1 fully saturated rings. The summed E-state index contributed by atoms with van der Waals surface area (Å²) in [5, 5.41) is 5.30. The average Bonchev–Trinajstić information content (AvgIpc) is 2.47. The van der Waals surface area contributed by atoms with Crippen LogP contribution in [-0.2, 0) is 0 Å². The first-order chi connectivity index (χ1) is 10.0. The van der Waals surface area contributed by atoms with Crippen molar-refractivity contribution >= 4 is 34.8 Å². The van der Waals surface area contributed by atoms with Crippen LogP contribution < -0.4 is 5.32 Å². The first-order valence-electron chi connectivity index (χ1n) is 7.59. The smallest absolute Gasteiger partial charge is 0.0655 e. The van der Waals surface area contributed by atoms with Gasteiger partial charge in [0, 0.05) is 42.8 Å². The van der Waals surface area contributed by atoms with Gasteiger partial charge < -0.3 is 5.32 Å². The molecule has 1 N–H and O–H groups in total. The van der Waals surface area contributed by atoms with E-state index in [-0.39, 0.29) is 6.04 Å². The van der Waals surface area contributed by atoms with E-state index in [0.717, 1.165) is 49.6 Å². The fourth-order valence-electron chi connectivity index (χ4n) is 2.84. The van der Waals surface area contributed by atoms with Crippen LogP contribution in [0.25, 0.3) is 0 Å². The summed E-state index contributed by atoms with van der Waals surface area (Å²) in [6, 6.07) is 3.87. The number of nitrogens with zero attached hydrogens (tertiary/aromatic N) is 1. The number of rotatable bonds is 5. The van der Waals surface area contributed by atoms with Crippen LogP contribution >= 0.6 is 34.8 Å². The van der Waals surface area contributed by atoms with Crippen molar-refractivity contribution in [3.8, 4) is 0 Å². The van der Waals surface area contributed by atoms with E-state index in [4.69, 9.17) is 34.8 Å². The van der Waals surface area contributed by atoms with Gasteiger partial charge in [-0.05, 0) is 30.9 Å².